The second-order valence-electron chi connectivity index (χ2n) is 4.94. The van der Waals surface area contributed by atoms with Gasteiger partial charge in [-0.25, -0.2) is 4.98 Å². The molecule has 0 radical (unpaired) electrons. The highest BCUT2D eigenvalue weighted by Gasteiger charge is 2.28. The van der Waals surface area contributed by atoms with Gasteiger partial charge in [-0.2, -0.15) is 0 Å². The number of aromatic nitrogens is 1. The summed E-state index contributed by atoms with van der Waals surface area (Å²) in [6.45, 7) is 8.75. The predicted octanol–water partition coefficient (Wildman–Crippen LogP) is 1.59. The molecule has 0 aliphatic carbocycles. The molecule has 1 fully saturated rings. The molecule has 0 amide bonds. The van der Waals surface area contributed by atoms with Crippen molar-refractivity contribution in [2.24, 2.45) is 0 Å². The van der Waals surface area contributed by atoms with E-state index in [0.717, 1.165) is 31.1 Å². The molecular formula is C12H19N3O. The van der Waals surface area contributed by atoms with Crippen molar-refractivity contribution in [3.63, 3.8) is 0 Å². The van der Waals surface area contributed by atoms with Crippen molar-refractivity contribution in [3.05, 3.63) is 17.8 Å². The van der Waals surface area contributed by atoms with Gasteiger partial charge in [0.25, 0.3) is 0 Å². The number of pyridine rings is 1. The third kappa shape index (κ3) is 2.27. The number of nitrogen functional groups attached to an aromatic ring is 1. The number of nitrogens with two attached hydrogens (primary N) is 1. The standard InChI is InChI=1S/C12H19N3O/c1-9-6-10(13)7-14-11(9)15-4-5-16-12(2,3)8-15/h6-7H,4-5,8,13H2,1-3H3. The largest absolute Gasteiger partial charge is 0.397 e. The Bertz CT molecular complexity index is 390. The van der Waals surface area contributed by atoms with Crippen molar-refractivity contribution in [1.82, 2.24) is 4.98 Å². The lowest BCUT2D eigenvalue weighted by Gasteiger charge is -2.39. The molecule has 16 heavy (non-hydrogen) atoms. The highest BCUT2D eigenvalue weighted by molar-refractivity contribution is 5.53. The molecule has 4 heteroatoms. The number of morpholine rings is 1. The van der Waals surface area contributed by atoms with Gasteiger partial charge >= 0.3 is 0 Å². The first-order valence-corrected chi connectivity index (χ1v) is 5.59. The molecule has 1 saturated heterocycles. The maximum atomic E-state index is 5.70. The summed E-state index contributed by atoms with van der Waals surface area (Å²) in [5.74, 6) is 1.02. The minimum absolute atomic E-state index is 0.103. The highest BCUT2D eigenvalue weighted by Crippen LogP contribution is 2.24. The van der Waals surface area contributed by atoms with E-state index in [9.17, 15) is 0 Å². The summed E-state index contributed by atoms with van der Waals surface area (Å²) in [6, 6.07) is 1.96. The molecule has 0 bridgehead atoms. The summed E-state index contributed by atoms with van der Waals surface area (Å²) in [5.41, 5.74) is 7.44. The van der Waals surface area contributed by atoms with E-state index in [-0.39, 0.29) is 5.60 Å². The highest BCUT2D eigenvalue weighted by atomic mass is 16.5. The number of nitrogens with zero attached hydrogens (tertiary/aromatic N) is 2. The van der Waals surface area contributed by atoms with E-state index in [2.05, 4.69) is 23.7 Å². The zero-order chi connectivity index (χ0) is 11.8. The maximum Gasteiger partial charge on any atom is 0.131 e. The molecule has 0 aromatic carbocycles. The van der Waals surface area contributed by atoms with E-state index < -0.39 is 0 Å². The summed E-state index contributed by atoms with van der Waals surface area (Å²) < 4.78 is 5.69. The van der Waals surface area contributed by atoms with Gasteiger partial charge in [-0.3, -0.25) is 0 Å². The van der Waals surface area contributed by atoms with Gasteiger partial charge in [0, 0.05) is 13.1 Å². The molecule has 0 unspecified atom stereocenters. The second kappa shape index (κ2) is 3.94. The first-order chi connectivity index (χ1) is 7.48. The fourth-order valence-corrected chi connectivity index (χ4v) is 2.12. The predicted molar refractivity (Wildman–Crippen MR) is 65.6 cm³/mol. The van der Waals surface area contributed by atoms with Crippen LogP contribution in [0.4, 0.5) is 11.5 Å². The third-order valence-electron chi connectivity index (χ3n) is 2.80. The van der Waals surface area contributed by atoms with Gasteiger partial charge < -0.3 is 15.4 Å². The van der Waals surface area contributed by atoms with Crippen molar-refractivity contribution in [3.8, 4) is 0 Å². The molecule has 1 aromatic rings. The summed E-state index contributed by atoms with van der Waals surface area (Å²) >= 11 is 0. The van der Waals surface area contributed by atoms with Crippen LogP contribution in [0.2, 0.25) is 0 Å². The zero-order valence-corrected chi connectivity index (χ0v) is 10.2. The lowest BCUT2D eigenvalue weighted by atomic mass is 10.1. The van der Waals surface area contributed by atoms with Crippen LogP contribution in [-0.2, 0) is 4.74 Å². The van der Waals surface area contributed by atoms with Crippen LogP contribution in [0, 0.1) is 6.92 Å². The van der Waals surface area contributed by atoms with E-state index in [0.29, 0.717) is 5.69 Å². The average molecular weight is 221 g/mol. The Labute approximate surface area is 96.4 Å². The van der Waals surface area contributed by atoms with Crippen LogP contribution in [-0.4, -0.2) is 30.3 Å². The van der Waals surface area contributed by atoms with Crippen LogP contribution in [0.5, 0.6) is 0 Å². The number of rotatable bonds is 1. The summed E-state index contributed by atoms with van der Waals surface area (Å²) in [4.78, 5) is 6.67. The molecule has 0 spiro atoms. The molecular weight excluding hydrogens is 202 g/mol. The fourth-order valence-electron chi connectivity index (χ4n) is 2.12. The first-order valence-electron chi connectivity index (χ1n) is 5.59. The van der Waals surface area contributed by atoms with Crippen LogP contribution < -0.4 is 10.6 Å². The third-order valence-corrected chi connectivity index (χ3v) is 2.80. The molecule has 4 nitrogen and oxygen atoms in total. The molecule has 1 aliphatic rings. The number of hydrogen-bond donors (Lipinski definition) is 1. The smallest absolute Gasteiger partial charge is 0.131 e. The first kappa shape index (κ1) is 11.2. The van der Waals surface area contributed by atoms with Gasteiger partial charge in [-0.05, 0) is 32.4 Å². The lowest BCUT2D eigenvalue weighted by molar-refractivity contribution is -0.0279. The van der Waals surface area contributed by atoms with Crippen LogP contribution >= 0.6 is 0 Å². The number of aryl methyl sites for hydroxylation is 1. The van der Waals surface area contributed by atoms with E-state index in [4.69, 9.17) is 10.5 Å². The van der Waals surface area contributed by atoms with E-state index in [1.54, 1.807) is 6.20 Å². The Morgan fingerprint density at radius 3 is 2.88 bits per heavy atom. The minimum Gasteiger partial charge on any atom is -0.397 e. The van der Waals surface area contributed by atoms with Crippen molar-refractivity contribution in [1.29, 1.82) is 0 Å². The Morgan fingerprint density at radius 1 is 1.50 bits per heavy atom. The lowest BCUT2D eigenvalue weighted by Crippen LogP contribution is -2.48. The Hall–Kier alpha value is -1.29. The molecule has 1 aliphatic heterocycles. The van der Waals surface area contributed by atoms with Gasteiger partial charge in [0.1, 0.15) is 5.82 Å². The van der Waals surface area contributed by atoms with Gasteiger partial charge in [0.2, 0.25) is 0 Å². The molecule has 2 heterocycles. The van der Waals surface area contributed by atoms with Crippen LogP contribution in [0.1, 0.15) is 19.4 Å². The Kier molecular flexibility index (Phi) is 2.76. The number of hydrogen-bond acceptors (Lipinski definition) is 4. The minimum atomic E-state index is -0.103. The van der Waals surface area contributed by atoms with Crippen molar-refractivity contribution in [2.75, 3.05) is 30.3 Å². The monoisotopic (exact) mass is 221 g/mol. The second-order valence-corrected chi connectivity index (χ2v) is 4.94. The SMILES string of the molecule is Cc1cc(N)cnc1N1CCOC(C)(C)C1. The zero-order valence-electron chi connectivity index (χ0n) is 10.2. The van der Waals surface area contributed by atoms with Gasteiger partial charge in [0.05, 0.1) is 24.1 Å². The normalized spacial score (nSPS) is 19.8. The fraction of sp³-hybridized carbons (Fsp3) is 0.583. The maximum absolute atomic E-state index is 5.70. The summed E-state index contributed by atoms with van der Waals surface area (Å²) in [7, 11) is 0. The number of ether oxygens (including phenoxy) is 1. The van der Waals surface area contributed by atoms with Gasteiger partial charge in [0.15, 0.2) is 0 Å². The van der Waals surface area contributed by atoms with Gasteiger partial charge in [-0.15, -0.1) is 0 Å². The van der Waals surface area contributed by atoms with E-state index in [1.165, 1.54) is 0 Å². The topological polar surface area (TPSA) is 51.4 Å². The average Bonchev–Trinajstić information content (AvgIpc) is 2.15. The quantitative estimate of drug-likeness (QED) is 0.782. The molecule has 1 aromatic heterocycles. The van der Waals surface area contributed by atoms with Crippen LogP contribution in [0.15, 0.2) is 12.3 Å². The van der Waals surface area contributed by atoms with Crippen molar-refractivity contribution in [2.45, 2.75) is 26.4 Å². The Balaban J connectivity index is 2.23. The van der Waals surface area contributed by atoms with Crippen molar-refractivity contribution >= 4 is 11.5 Å². The Morgan fingerprint density at radius 2 is 2.25 bits per heavy atom. The van der Waals surface area contributed by atoms with E-state index >= 15 is 0 Å². The van der Waals surface area contributed by atoms with Crippen molar-refractivity contribution < 1.29 is 4.74 Å². The number of anilines is 2. The molecule has 88 valence electrons. The molecule has 2 rings (SSSR count). The molecule has 2 N–H and O–H groups in total. The van der Waals surface area contributed by atoms with E-state index in [1.807, 2.05) is 13.0 Å². The van der Waals surface area contributed by atoms with Gasteiger partial charge in [-0.1, -0.05) is 0 Å². The molecule has 0 atom stereocenters. The van der Waals surface area contributed by atoms with Crippen LogP contribution in [0.3, 0.4) is 0 Å². The van der Waals surface area contributed by atoms with Crippen LogP contribution in [0.25, 0.3) is 0 Å². The summed E-state index contributed by atoms with van der Waals surface area (Å²) in [6.07, 6.45) is 1.71. The summed E-state index contributed by atoms with van der Waals surface area (Å²) in [5, 5.41) is 0. The molecule has 0 saturated carbocycles.